The van der Waals surface area contributed by atoms with Gasteiger partial charge in [0.15, 0.2) is 0 Å². The minimum Gasteiger partial charge on any atom is -0.492 e. The van der Waals surface area contributed by atoms with Crippen LogP contribution in [0, 0.1) is 0 Å². The average Bonchev–Trinajstić information content (AvgIpc) is 2.75. The number of carbonyl (C=O) groups is 1. The lowest BCUT2D eigenvalue weighted by Gasteiger charge is -2.18. The highest BCUT2D eigenvalue weighted by Gasteiger charge is 2.17. The lowest BCUT2D eigenvalue weighted by molar-refractivity contribution is 0.0773. The molecule has 156 valence electrons. The van der Waals surface area contributed by atoms with E-state index in [4.69, 9.17) is 16.3 Å². The van der Waals surface area contributed by atoms with Crippen LogP contribution < -0.4 is 9.46 Å². The van der Waals surface area contributed by atoms with Gasteiger partial charge in [0.25, 0.3) is 15.9 Å². The van der Waals surface area contributed by atoms with Crippen molar-refractivity contribution in [1.82, 2.24) is 4.90 Å². The van der Waals surface area contributed by atoms with Gasteiger partial charge in [0.1, 0.15) is 12.4 Å². The first-order chi connectivity index (χ1) is 14.3. The number of carbonyl (C=O) groups excluding carboxylic acids is 1. The second-order valence-electron chi connectivity index (χ2n) is 6.52. The summed E-state index contributed by atoms with van der Waals surface area (Å²) in [5.41, 5.74) is 0.792. The van der Waals surface area contributed by atoms with E-state index < -0.39 is 10.0 Å². The van der Waals surface area contributed by atoms with E-state index in [0.717, 1.165) is 5.75 Å². The summed E-state index contributed by atoms with van der Waals surface area (Å²) in [4.78, 5) is 14.1. The molecule has 0 saturated heterocycles. The number of nitrogens with one attached hydrogen (secondary N) is 1. The Labute approximate surface area is 181 Å². The van der Waals surface area contributed by atoms with Crippen molar-refractivity contribution in [2.45, 2.75) is 4.90 Å². The topological polar surface area (TPSA) is 75.7 Å². The molecule has 0 bridgehead atoms. The highest BCUT2D eigenvalue weighted by Crippen LogP contribution is 2.19. The molecule has 0 fully saturated rings. The van der Waals surface area contributed by atoms with Crippen molar-refractivity contribution in [1.29, 1.82) is 0 Å². The standard InChI is InChI=1S/C22H21ClN2O4S/c1-25(15-16-29-20-5-3-2-4-6-20)22(26)17-7-13-21(14-8-17)30(27,28)24-19-11-9-18(23)10-12-19/h2-14,24H,15-16H2,1H3. The van der Waals surface area contributed by atoms with Gasteiger partial charge in [-0.15, -0.1) is 0 Å². The third-order valence-electron chi connectivity index (χ3n) is 4.29. The van der Waals surface area contributed by atoms with Crippen molar-refractivity contribution in [3.8, 4) is 5.75 Å². The van der Waals surface area contributed by atoms with Crippen LogP contribution in [0.3, 0.4) is 0 Å². The highest BCUT2D eigenvalue weighted by atomic mass is 35.5. The molecular weight excluding hydrogens is 424 g/mol. The number of anilines is 1. The van der Waals surface area contributed by atoms with Crippen LogP contribution in [0.5, 0.6) is 5.75 Å². The maximum absolute atomic E-state index is 12.6. The minimum absolute atomic E-state index is 0.0593. The molecule has 0 radical (unpaired) electrons. The number of ether oxygens (including phenoxy) is 1. The number of benzene rings is 3. The van der Waals surface area contributed by atoms with E-state index in [1.807, 2.05) is 30.3 Å². The van der Waals surface area contributed by atoms with E-state index in [-0.39, 0.29) is 10.8 Å². The van der Waals surface area contributed by atoms with E-state index in [9.17, 15) is 13.2 Å². The summed E-state index contributed by atoms with van der Waals surface area (Å²) >= 11 is 5.81. The van der Waals surface area contributed by atoms with Gasteiger partial charge in [-0.05, 0) is 60.7 Å². The van der Waals surface area contributed by atoms with Gasteiger partial charge < -0.3 is 9.64 Å². The van der Waals surface area contributed by atoms with Crippen LogP contribution in [0.25, 0.3) is 0 Å². The Morgan fingerprint density at radius 3 is 2.23 bits per heavy atom. The van der Waals surface area contributed by atoms with Gasteiger partial charge in [0.2, 0.25) is 0 Å². The molecule has 0 saturated carbocycles. The molecule has 0 aliphatic rings. The van der Waals surface area contributed by atoms with E-state index in [1.165, 1.54) is 29.2 Å². The maximum Gasteiger partial charge on any atom is 0.261 e. The Hall–Kier alpha value is -3.03. The van der Waals surface area contributed by atoms with Crippen LogP contribution in [0.15, 0.2) is 83.8 Å². The number of para-hydroxylation sites is 1. The predicted octanol–water partition coefficient (Wildman–Crippen LogP) is 4.29. The van der Waals surface area contributed by atoms with E-state index >= 15 is 0 Å². The van der Waals surface area contributed by atoms with Gasteiger partial charge >= 0.3 is 0 Å². The molecule has 0 heterocycles. The number of rotatable bonds is 8. The average molecular weight is 445 g/mol. The minimum atomic E-state index is -3.77. The summed E-state index contributed by atoms with van der Waals surface area (Å²) in [6, 6.07) is 21.5. The summed E-state index contributed by atoms with van der Waals surface area (Å²) in [6.45, 7) is 0.746. The fourth-order valence-electron chi connectivity index (χ4n) is 2.65. The van der Waals surface area contributed by atoms with Crippen LogP contribution in [0.4, 0.5) is 5.69 Å². The molecule has 0 aromatic heterocycles. The summed E-state index contributed by atoms with van der Waals surface area (Å²) in [6.07, 6.45) is 0. The number of hydrogen-bond acceptors (Lipinski definition) is 4. The van der Waals surface area contributed by atoms with Gasteiger partial charge in [-0.2, -0.15) is 0 Å². The number of hydrogen-bond donors (Lipinski definition) is 1. The number of sulfonamides is 1. The molecule has 0 spiro atoms. The fraction of sp³-hybridized carbons (Fsp3) is 0.136. The number of amides is 1. The molecular formula is C22H21ClN2O4S. The van der Waals surface area contributed by atoms with Gasteiger partial charge in [0.05, 0.1) is 11.4 Å². The Bertz CT molecular complexity index is 1090. The Morgan fingerprint density at radius 1 is 0.967 bits per heavy atom. The third-order valence-corrected chi connectivity index (χ3v) is 5.94. The monoisotopic (exact) mass is 444 g/mol. The number of halogens is 1. The van der Waals surface area contributed by atoms with Gasteiger partial charge in [-0.1, -0.05) is 29.8 Å². The zero-order valence-corrected chi connectivity index (χ0v) is 17.9. The van der Waals surface area contributed by atoms with Crippen molar-refractivity contribution in [2.75, 3.05) is 24.9 Å². The van der Waals surface area contributed by atoms with Gasteiger partial charge in [-0.25, -0.2) is 8.42 Å². The molecule has 0 aliphatic heterocycles. The van der Waals surface area contributed by atoms with Crippen LogP contribution >= 0.6 is 11.6 Å². The van der Waals surface area contributed by atoms with E-state index in [2.05, 4.69) is 4.72 Å². The third kappa shape index (κ3) is 5.75. The first-order valence-electron chi connectivity index (χ1n) is 9.17. The Balaban J connectivity index is 1.59. The normalized spacial score (nSPS) is 11.0. The highest BCUT2D eigenvalue weighted by molar-refractivity contribution is 7.92. The molecule has 8 heteroatoms. The van der Waals surface area contributed by atoms with Crippen molar-refractivity contribution in [2.24, 2.45) is 0 Å². The van der Waals surface area contributed by atoms with Gasteiger partial charge in [-0.3, -0.25) is 9.52 Å². The fourth-order valence-corrected chi connectivity index (χ4v) is 3.83. The molecule has 3 aromatic rings. The lowest BCUT2D eigenvalue weighted by atomic mass is 10.2. The van der Waals surface area contributed by atoms with Crippen LogP contribution in [0.2, 0.25) is 5.02 Å². The molecule has 6 nitrogen and oxygen atoms in total. The van der Waals surface area contributed by atoms with Crippen molar-refractivity contribution >= 4 is 33.2 Å². The first kappa shape index (κ1) is 21.7. The first-order valence-corrected chi connectivity index (χ1v) is 11.0. The zero-order valence-electron chi connectivity index (χ0n) is 16.3. The predicted molar refractivity (Wildman–Crippen MR) is 118 cm³/mol. The maximum atomic E-state index is 12.6. The molecule has 0 aliphatic carbocycles. The van der Waals surface area contributed by atoms with Crippen LogP contribution in [-0.2, 0) is 10.0 Å². The van der Waals surface area contributed by atoms with Crippen LogP contribution in [-0.4, -0.2) is 39.4 Å². The van der Waals surface area contributed by atoms with E-state index in [1.54, 1.807) is 31.3 Å². The van der Waals surface area contributed by atoms with Crippen molar-refractivity contribution in [3.63, 3.8) is 0 Å². The van der Waals surface area contributed by atoms with Crippen molar-refractivity contribution < 1.29 is 17.9 Å². The molecule has 1 amide bonds. The largest absolute Gasteiger partial charge is 0.492 e. The second-order valence-corrected chi connectivity index (χ2v) is 8.64. The summed E-state index contributed by atoms with van der Waals surface area (Å²) in [5.74, 6) is 0.516. The number of likely N-dealkylation sites (N-methyl/N-ethyl adjacent to an activating group) is 1. The zero-order chi connectivity index (χ0) is 21.6. The molecule has 3 aromatic carbocycles. The molecule has 3 rings (SSSR count). The quantitative estimate of drug-likeness (QED) is 0.562. The van der Waals surface area contributed by atoms with Crippen molar-refractivity contribution in [3.05, 3.63) is 89.4 Å². The Morgan fingerprint density at radius 2 is 1.60 bits per heavy atom. The SMILES string of the molecule is CN(CCOc1ccccc1)C(=O)c1ccc(S(=O)(=O)Nc2ccc(Cl)cc2)cc1. The summed E-state index contributed by atoms with van der Waals surface area (Å²) < 4.78 is 33.1. The second kappa shape index (κ2) is 9.65. The van der Waals surface area contributed by atoms with Gasteiger partial charge in [0, 0.05) is 23.3 Å². The molecule has 30 heavy (non-hydrogen) atoms. The molecule has 0 unspecified atom stereocenters. The summed E-state index contributed by atoms with van der Waals surface area (Å²) in [5, 5.41) is 0.513. The Kier molecular flexibility index (Phi) is 6.97. The molecule has 0 atom stereocenters. The summed E-state index contributed by atoms with van der Waals surface area (Å²) in [7, 11) is -2.10. The van der Waals surface area contributed by atoms with Crippen LogP contribution in [0.1, 0.15) is 10.4 Å². The smallest absolute Gasteiger partial charge is 0.261 e. The lowest BCUT2D eigenvalue weighted by Crippen LogP contribution is -2.30. The number of nitrogens with zero attached hydrogens (tertiary/aromatic N) is 1. The van der Waals surface area contributed by atoms with E-state index in [0.29, 0.717) is 29.4 Å². The molecule has 1 N–H and O–H groups in total.